The molecule has 0 aliphatic carbocycles. The maximum absolute atomic E-state index is 11.9. The number of primary amides is 1. The SMILES string of the molecule is Cc1ccccc1-c1cccc(C(N)=O)c1NCc1ccccc1. The lowest BCUT2D eigenvalue weighted by Crippen LogP contribution is -2.15. The summed E-state index contributed by atoms with van der Waals surface area (Å²) in [4.78, 5) is 11.9. The van der Waals surface area contributed by atoms with Crippen molar-refractivity contribution in [3.05, 3.63) is 89.5 Å². The van der Waals surface area contributed by atoms with Crippen LogP contribution in [0.1, 0.15) is 21.5 Å². The number of benzene rings is 3. The summed E-state index contributed by atoms with van der Waals surface area (Å²) in [7, 11) is 0. The van der Waals surface area contributed by atoms with Crippen LogP contribution in [0.25, 0.3) is 11.1 Å². The maximum Gasteiger partial charge on any atom is 0.250 e. The molecule has 24 heavy (non-hydrogen) atoms. The van der Waals surface area contributed by atoms with Gasteiger partial charge in [0.05, 0.1) is 11.3 Å². The van der Waals surface area contributed by atoms with Crippen molar-refractivity contribution in [1.29, 1.82) is 0 Å². The molecule has 0 atom stereocenters. The molecule has 3 heteroatoms. The van der Waals surface area contributed by atoms with Crippen LogP contribution in [0.5, 0.6) is 0 Å². The molecule has 1 amide bonds. The summed E-state index contributed by atoms with van der Waals surface area (Å²) in [5.74, 6) is -0.430. The van der Waals surface area contributed by atoms with Crippen molar-refractivity contribution >= 4 is 11.6 Å². The maximum atomic E-state index is 11.9. The van der Waals surface area contributed by atoms with Gasteiger partial charge in [-0.3, -0.25) is 4.79 Å². The summed E-state index contributed by atoms with van der Waals surface area (Å²) in [5.41, 5.74) is 11.3. The number of carbonyl (C=O) groups excluding carboxylic acids is 1. The van der Waals surface area contributed by atoms with Crippen LogP contribution in [0.2, 0.25) is 0 Å². The molecule has 3 N–H and O–H groups in total. The minimum absolute atomic E-state index is 0.430. The second kappa shape index (κ2) is 7.01. The lowest BCUT2D eigenvalue weighted by atomic mass is 9.96. The van der Waals surface area contributed by atoms with E-state index in [1.807, 2.05) is 54.6 Å². The fourth-order valence-electron chi connectivity index (χ4n) is 2.83. The Morgan fingerprint density at radius 1 is 0.875 bits per heavy atom. The van der Waals surface area contributed by atoms with Crippen molar-refractivity contribution in [2.24, 2.45) is 5.73 Å². The minimum Gasteiger partial charge on any atom is -0.380 e. The highest BCUT2D eigenvalue weighted by atomic mass is 16.1. The zero-order chi connectivity index (χ0) is 16.9. The van der Waals surface area contributed by atoms with Gasteiger partial charge in [0.25, 0.3) is 5.91 Å². The molecule has 0 aliphatic heterocycles. The highest BCUT2D eigenvalue weighted by molar-refractivity contribution is 6.02. The Bertz CT molecular complexity index is 857. The van der Waals surface area contributed by atoms with Gasteiger partial charge in [0, 0.05) is 12.1 Å². The molecule has 0 bridgehead atoms. The zero-order valence-electron chi connectivity index (χ0n) is 13.6. The third-order valence-corrected chi connectivity index (χ3v) is 4.08. The summed E-state index contributed by atoms with van der Waals surface area (Å²) < 4.78 is 0. The Kier molecular flexibility index (Phi) is 4.62. The van der Waals surface area contributed by atoms with Gasteiger partial charge in [-0.15, -0.1) is 0 Å². The van der Waals surface area contributed by atoms with E-state index in [-0.39, 0.29) is 0 Å². The normalized spacial score (nSPS) is 10.4. The molecule has 0 heterocycles. The van der Waals surface area contributed by atoms with E-state index in [0.717, 1.165) is 27.9 Å². The van der Waals surface area contributed by atoms with E-state index in [4.69, 9.17) is 5.73 Å². The minimum atomic E-state index is -0.430. The summed E-state index contributed by atoms with van der Waals surface area (Å²) in [5, 5.41) is 3.40. The topological polar surface area (TPSA) is 55.1 Å². The highest BCUT2D eigenvalue weighted by Gasteiger charge is 2.14. The van der Waals surface area contributed by atoms with Crippen molar-refractivity contribution in [3.63, 3.8) is 0 Å². The van der Waals surface area contributed by atoms with E-state index >= 15 is 0 Å². The first-order valence-corrected chi connectivity index (χ1v) is 7.93. The van der Waals surface area contributed by atoms with Gasteiger partial charge in [0.2, 0.25) is 0 Å². The number of aryl methyl sites for hydroxylation is 1. The molecule has 3 aromatic carbocycles. The first-order valence-electron chi connectivity index (χ1n) is 7.93. The molecule has 0 fully saturated rings. The van der Waals surface area contributed by atoms with E-state index in [1.54, 1.807) is 6.07 Å². The third kappa shape index (κ3) is 3.30. The zero-order valence-corrected chi connectivity index (χ0v) is 13.6. The fourth-order valence-corrected chi connectivity index (χ4v) is 2.83. The van der Waals surface area contributed by atoms with E-state index in [2.05, 4.69) is 24.4 Å². The molecule has 0 radical (unpaired) electrons. The lowest BCUT2D eigenvalue weighted by Gasteiger charge is -2.17. The monoisotopic (exact) mass is 316 g/mol. The Hall–Kier alpha value is -3.07. The van der Waals surface area contributed by atoms with Gasteiger partial charge < -0.3 is 11.1 Å². The number of para-hydroxylation sites is 1. The third-order valence-electron chi connectivity index (χ3n) is 4.08. The van der Waals surface area contributed by atoms with Crippen molar-refractivity contribution in [2.45, 2.75) is 13.5 Å². The Labute approximate surface area is 142 Å². The van der Waals surface area contributed by atoms with E-state index in [1.165, 1.54) is 0 Å². The summed E-state index contributed by atoms with van der Waals surface area (Å²) in [6, 6.07) is 23.9. The van der Waals surface area contributed by atoms with E-state index in [9.17, 15) is 4.79 Å². The number of hydrogen-bond acceptors (Lipinski definition) is 2. The average molecular weight is 316 g/mol. The molecule has 120 valence electrons. The fraction of sp³-hybridized carbons (Fsp3) is 0.0952. The van der Waals surface area contributed by atoms with Gasteiger partial charge in [-0.05, 0) is 29.7 Å². The molecular formula is C21H20N2O. The van der Waals surface area contributed by atoms with Gasteiger partial charge in [-0.25, -0.2) is 0 Å². The number of nitrogens with one attached hydrogen (secondary N) is 1. The van der Waals surface area contributed by atoms with Gasteiger partial charge in [-0.1, -0.05) is 66.7 Å². The summed E-state index contributed by atoms with van der Waals surface area (Å²) in [6.45, 7) is 2.69. The van der Waals surface area contributed by atoms with Gasteiger partial charge in [0.1, 0.15) is 0 Å². The molecule has 3 rings (SSSR count). The number of nitrogens with two attached hydrogens (primary N) is 1. The molecule has 0 aromatic heterocycles. The molecule has 3 nitrogen and oxygen atoms in total. The largest absolute Gasteiger partial charge is 0.380 e. The second-order valence-corrected chi connectivity index (χ2v) is 5.75. The molecule has 0 saturated heterocycles. The Morgan fingerprint density at radius 3 is 2.25 bits per heavy atom. The first-order chi connectivity index (χ1) is 11.7. The smallest absolute Gasteiger partial charge is 0.250 e. The van der Waals surface area contributed by atoms with Crippen molar-refractivity contribution in [1.82, 2.24) is 0 Å². The van der Waals surface area contributed by atoms with Crippen LogP contribution in [0.15, 0.2) is 72.8 Å². The standard InChI is InChI=1S/C21H20N2O/c1-15-8-5-6-11-17(15)18-12-7-13-19(21(22)24)20(18)23-14-16-9-3-2-4-10-16/h2-13,23H,14H2,1H3,(H2,22,24). The van der Waals surface area contributed by atoms with Crippen LogP contribution >= 0.6 is 0 Å². The summed E-state index contributed by atoms with van der Waals surface area (Å²) >= 11 is 0. The van der Waals surface area contributed by atoms with Crippen molar-refractivity contribution in [3.8, 4) is 11.1 Å². The lowest BCUT2D eigenvalue weighted by molar-refractivity contribution is 0.100. The van der Waals surface area contributed by atoms with Gasteiger partial charge in [-0.2, -0.15) is 0 Å². The number of carbonyl (C=O) groups is 1. The number of amides is 1. The van der Waals surface area contributed by atoms with Crippen molar-refractivity contribution in [2.75, 3.05) is 5.32 Å². The Balaban J connectivity index is 2.04. The van der Waals surface area contributed by atoms with Crippen molar-refractivity contribution < 1.29 is 4.79 Å². The van der Waals surface area contributed by atoms with Crippen LogP contribution in [0.4, 0.5) is 5.69 Å². The van der Waals surface area contributed by atoms with Gasteiger partial charge in [0.15, 0.2) is 0 Å². The second-order valence-electron chi connectivity index (χ2n) is 5.75. The van der Waals surface area contributed by atoms with Crippen LogP contribution in [0.3, 0.4) is 0 Å². The average Bonchev–Trinajstić information content (AvgIpc) is 2.61. The Morgan fingerprint density at radius 2 is 1.54 bits per heavy atom. The molecule has 0 unspecified atom stereocenters. The predicted molar refractivity (Wildman–Crippen MR) is 98.9 cm³/mol. The molecular weight excluding hydrogens is 296 g/mol. The number of rotatable bonds is 5. The summed E-state index contributed by atoms with van der Waals surface area (Å²) in [6.07, 6.45) is 0. The number of hydrogen-bond donors (Lipinski definition) is 2. The van der Waals surface area contributed by atoms with E-state index in [0.29, 0.717) is 12.1 Å². The number of anilines is 1. The predicted octanol–water partition coefficient (Wildman–Crippen LogP) is 4.37. The van der Waals surface area contributed by atoms with Gasteiger partial charge >= 0.3 is 0 Å². The molecule has 0 spiro atoms. The molecule has 0 saturated carbocycles. The van der Waals surface area contributed by atoms with Crippen LogP contribution < -0.4 is 11.1 Å². The van der Waals surface area contributed by atoms with E-state index < -0.39 is 5.91 Å². The van der Waals surface area contributed by atoms with Crippen LogP contribution in [-0.4, -0.2) is 5.91 Å². The molecule has 0 aliphatic rings. The molecule has 3 aromatic rings. The first kappa shape index (κ1) is 15.8. The van der Waals surface area contributed by atoms with Crippen LogP contribution in [0, 0.1) is 6.92 Å². The van der Waals surface area contributed by atoms with Crippen LogP contribution in [-0.2, 0) is 6.54 Å². The quantitative estimate of drug-likeness (QED) is 0.734. The highest BCUT2D eigenvalue weighted by Crippen LogP contribution is 2.33.